The molecule has 10 aromatic carbocycles. The number of nitrogens with one attached hydrogen (secondary N) is 3. The first kappa shape index (κ1) is 110. The summed E-state index contributed by atoms with van der Waals surface area (Å²) in [5.41, 5.74) is 16.6. The minimum absolute atomic E-state index is 0. The molecule has 17 nitrogen and oxygen atoms in total. The predicted octanol–water partition coefficient (Wildman–Crippen LogP) is 31.9. The number of aliphatic carboxylic acids is 3. The molecule has 0 amide bonds. The monoisotopic (exact) mass is 1860 g/mol. The van der Waals surface area contributed by atoms with Gasteiger partial charge in [0.05, 0.1) is 52.3 Å². The van der Waals surface area contributed by atoms with Crippen LogP contribution in [-0.4, -0.2) is 94.9 Å². The highest BCUT2D eigenvalue weighted by molar-refractivity contribution is 5.92. The first-order valence-corrected chi connectivity index (χ1v) is 50.7. The van der Waals surface area contributed by atoms with Crippen molar-refractivity contribution in [3.63, 3.8) is 0 Å². The summed E-state index contributed by atoms with van der Waals surface area (Å²) in [5, 5.41) is 39.1. The Morgan fingerprint density at radius 1 is 0.263 bits per heavy atom. The molecule has 137 heavy (non-hydrogen) atoms. The normalized spacial score (nSPS) is 10.8. The van der Waals surface area contributed by atoms with Crippen LogP contribution in [0.25, 0.3) is 87.0 Å². The highest BCUT2D eigenvalue weighted by Crippen LogP contribution is 2.33. The van der Waals surface area contributed by atoms with Crippen LogP contribution in [0.4, 0.5) is 0 Å². The standard InChI is InChI=1S/C17H23NO2.C17H22O.C16H21NO2.C16H20O.C14H17NO3.C14H19N.C13H17NO.C12H15NO.CH4/c1-2-3-4-5-8-11-18-13-14(12-17(19)20)15-9-6-7-10-16(15)18;1-3-5-6-12-18-16-11-10-15-9-7-8-14(4-2)17(15)13-16;1-2-3-4-7-10-17-12-13(11-16(18)19)14-8-5-6-9-15(14)17;1-3-5-11-17-15-10-9-14-8-6-7-13(4-2)16(14)12-15;1-2-3-6-18-11-4-5-13-12(8-11)10(9-15-13)7-14(16)17;1-3-5-10-15-11-12(4-2)13-8-6-7-9-14(13)15;1-3-7-15-11-5-6-13-12(8-11)10(4-2)9-14-13;1-3-9-8-13-12-6-5-10(14-4-2)7-11(9)12;/h6-7,9-10,13H,2-5,8,11-12H2,1H3,(H,19,20);7-11,13H,3-6,12H2,1-2H3;5-6,8-9,12H,2-4,7,10-11H2,1H3,(H,18,19);6-10,12H,3-5,11H2,1-2H3;4-5,8-9,15H,2-3,6-7H2,1H3,(H,16,17);6-9,11H,3-5,10H2,1-2H3;5-6,8-9,14H,3-4,7H2,1-2H3;5-8,13H,3-4H2,1-2H3;1H4. The number of aromatic amines is 3. The number of carboxylic acids is 3. The zero-order valence-electron chi connectivity index (χ0n) is 83.7. The van der Waals surface area contributed by atoms with E-state index in [0.717, 1.165) is 201 Å². The second-order valence-electron chi connectivity index (χ2n) is 34.8. The lowest BCUT2D eigenvalue weighted by Gasteiger charge is -2.09. The summed E-state index contributed by atoms with van der Waals surface area (Å²) in [6, 6.07) is 68.7. The van der Waals surface area contributed by atoms with Crippen molar-refractivity contribution in [3.8, 4) is 28.7 Å². The van der Waals surface area contributed by atoms with Crippen molar-refractivity contribution in [1.82, 2.24) is 28.7 Å². The molecule has 0 saturated carbocycles. The van der Waals surface area contributed by atoms with Crippen molar-refractivity contribution in [2.75, 3.05) is 33.0 Å². The Bertz CT molecular complexity index is 6230. The Hall–Kier alpha value is -12.6. The summed E-state index contributed by atoms with van der Waals surface area (Å²) in [6.07, 6.45) is 40.6. The number of nitrogens with zero attached hydrogens (tertiary/aromatic N) is 3. The lowest BCUT2D eigenvalue weighted by Crippen LogP contribution is -1.99. The van der Waals surface area contributed by atoms with E-state index in [1.165, 1.54) is 159 Å². The smallest absolute Gasteiger partial charge is 0.307 e. The molecule has 0 atom stereocenters. The maximum Gasteiger partial charge on any atom is 0.307 e. The largest absolute Gasteiger partial charge is 0.494 e. The van der Waals surface area contributed by atoms with Gasteiger partial charge in [-0.05, 0) is 247 Å². The summed E-state index contributed by atoms with van der Waals surface area (Å²) >= 11 is 0. The zero-order valence-corrected chi connectivity index (χ0v) is 83.7. The van der Waals surface area contributed by atoms with Crippen LogP contribution in [0, 0.1) is 0 Å². The number of hydrogen-bond acceptors (Lipinski definition) is 8. The number of unbranched alkanes of at least 4 members (excludes halogenated alkanes) is 12. The van der Waals surface area contributed by atoms with E-state index >= 15 is 0 Å². The molecule has 734 valence electrons. The van der Waals surface area contributed by atoms with Crippen LogP contribution in [0.2, 0.25) is 0 Å². The Morgan fingerprint density at radius 2 is 0.577 bits per heavy atom. The lowest BCUT2D eigenvalue weighted by molar-refractivity contribution is -0.137. The molecule has 0 aliphatic heterocycles. The molecular weight excluding hydrogens is 1700 g/mol. The molecule has 0 bridgehead atoms. The van der Waals surface area contributed by atoms with Crippen LogP contribution in [-0.2, 0) is 85.4 Å². The second kappa shape index (κ2) is 60.8. The molecule has 16 aromatic rings. The Labute approximate surface area is 816 Å². The van der Waals surface area contributed by atoms with Gasteiger partial charge in [-0.3, -0.25) is 14.4 Å². The number of aromatic nitrogens is 6. The number of rotatable bonds is 43. The van der Waals surface area contributed by atoms with Crippen LogP contribution < -0.4 is 23.7 Å². The fourth-order valence-corrected chi connectivity index (χ4v) is 17.0. The van der Waals surface area contributed by atoms with Crippen molar-refractivity contribution in [2.45, 2.75) is 290 Å². The van der Waals surface area contributed by atoms with E-state index in [1.807, 2.05) is 86.0 Å². The number of aryl methyl sites for hydroxylation is 8. The third kappa shape index (κ3) is 34.2. The number of carbonyl (C=O) groups is 3. The zero-order chi connectivity index (χ0) is 97.2. The number of fused-ring (bicyclic) bond motifs is 8. The summed E-state index contributed by atoms with van der Waals surface area (Å²) in [4.78, 5) is 42.2. The minimum atomic E-state index is -0.826. The Kier molecular flexibility index (Phi) is 48.6. The van der Waals surface area contributed by atoms with Crippen molar-refractivity contribution in [2.24, 2.45) is 0 Å². The average molecular weight is 1860 g/mol. The number of carboxylic acid groups (broad SMARTS) is 3. The van der Waals surface area contributed by atoms with E-state index in [9.17, 15) is 14.4 Å². The molecule has 0 aliphatic rings. The van der Waals surface area contributed by atoms with E-state index in [4.69, 9.17) is 39.0 Å². The minimum Gasteiger partial charge on any atom is -0.494 e. The summed E-state index contributed by atoms with van der Waals surface area (Å²) in [6.45, 7) is 35.2. The highest BCUT2D eigenvalue weighted by atomic mass is 16.5. The molecule has 6 aromatic heterocycles. The number of hydrogen-bond donors (Lipinski definition) is 6. The molecule has 17 heteroatoms. The van der Waals surface area contributed by atoms with Gasteiger partial charge in [0.25, 0.3) is 0 Å². The number of para-hydroxylation sites is 3. The summed E-state index contributed by atoms with van der Waals surface area (Å²) in [5.74, 6) is 2.35. The highest BCUT2D eigenvalue weighted by Gasteiger charge is 2.16. The van der Waals surface area contributed by atoms with Gasteiger partial charge in [-0.25, -0.2) is 0 Å². The molecule has 6 heterocycles. The Morgan fingerprint density at radius 3 is 0.964 bits per heavy atom. The number of ether oxygens (including phenoxy) is 5. The van der Waals surface area contributed by atoms with Gasteiger partial charge in [-0.1, -0.05) is 271 Å². The molecule has 6 N–H and O–H groups in total. The van der Waals surface area contributed by atoms with Gasteiger partial charge in [0, 0.05) is 122 Å². The first-order chi connectivity index (χ1) is 66.4. The number of benzene rings is 10. The van der Waals surface area contributed by atoms with Crippen molar-refractivity contribution in [1.29, 1.82) is 0 Å². The summed E-state index contributed by atoms with van der Waals surface area (Å²) in [7, 11) is 0. The maximum atomic E-state index is 10.9. The van der Waals surface area contributed by atoms with Gasteiger partial charge in [0.1, 0.15) is 28.7 Å². The second-order valence-corrected chi connectivity index (χ2v) is 34.8. The van der Waals surface area contributed by atoms with Crippen LogP contribution in [0.5, 0.6) is 28.7 Å². The molecular formula is C120H158N6O11. The molecule has 0 saturated heterocycles. The van der Waals surface area contributed by atoms with E-state index in [0.29, 0.717) is 6.61 Å². The van der Waals surface area contributed by atoms with E-state index in [2.05, 4.69) is 264 Å². The van der Waals surface area contributed by atoms with Crippen molar-refractivity contribution in [3.05, 3.63) is 282 Å². The van der Waals surface area contributed by atoms with Crippen LogP contribution >= 0.6 is 0 Å². The third-order valence-electron chi connectivity index (χ3n) is 24.5. The fraction of sp³-hybridized carbons (Fsp3) is 0.408. The van der Waals surface area contributed by atoms with Gasteiger partial charge in [0.2, 0.25) is 0 Å². The van der Waals surface area contributed by atoms with E-state index in [-0.39, 0.29) is 26.7 Å². The van der Waals surface area contributed by atoms with Crippen LogP contribution in [0.3, 0.4) is 0 Å². The molecule has 0 spiro atoms. The van der Waals surface area contributed by atoms with Gasteiger partial charge >= 0.3 is 17.9 Å². The SMILES string of the molecule is C.CCCCCCCn1cc(CC(=O)O)c2ccccc21.CCCCCCn1cc(CC(=O)O)c2ccccc21.CCCCCOc1ccc2cccc(CC)c2c1.CCCCOc1ccc2[nH]cc(CC(=O)O)c2c1.CCCCOc1ccc2cccc(CC)c2c1.CCCCn1cc(CC)c2ccccc21.CCCOc1ccc2[nH]cc(CC)c2c1.CCOc1ccc2[nH]cc(CC)c2c1. The van der Waals surface area contributed by atoms with Crippen molar-refractivity contribution >= 4 is 105 Å². The third-order valence-corrected chi connectivity index (χ3v) is 24.5. The first-order valence-electron chi connectivity index (χ1n) is 50.7. The van der Waals surface area contributed by atoms with Crippen molar-refractivity contribution < 1.29 is 53.4 Å². The predicted molar refractivity (Wildman–Crippen MR) is 577 cm³/mol. The number of H-pyrrole nitrogens is 3. The van der Waals surface area contributed by atoms with Gasteiger partial charge in [-0.2, -0.15) is 0 Å². The molecule has 0 aliphatic carbocycles. The van der Waals surface area contributed by atoms with Gasteiger partial charge in [-0.15, -0.1) is 0 Å². The van der Waals surface area contributed by atoms with E-state index in [1.54, 1.807) is 6.20 Å². The molecule has 0 unspecified atom stereocenters. The van der Waals surface area contributed by atoms with Crippen LogP contribution in [0.1, 0.15) is 264 Å². The lowest BCUT2D eigenvalue weighted by atomic mass is 10.0. The average Bonchev–Trinajstić information content (AvgIpc) is 1.67. The summed E-state index contributed by atoms with van der Waals surface area (Å²) < 4.78 is 35.1. The molecule has 0 radical (unpaired) electrons. The molecule has 0 fully saturated rings. The van der Waals surface area contributed by atoms with Gasteiger partial charge < -0.3 is 67.7 Å². The van der Waals surface area contributed by atoms with Crippen LogP contribution in [0.15, 0.2) is 237 Å². The Balaban J connectivity index is 0.000000192. The van der Waals surface area contributed by atoms with E-state index < -0.39 is 17.9 Å². The fourth-order valence-electron chi connectivity index (χ4n) is 17.0. The topological polar surface area (TPSA) is 220 Å². The molecule has 16 rings (SSSR count). The van der Waals surface area contributed by atoms with Gasteiger partial charge in [0.15, 0.2) is 0 Å². The quantitative estimate of drug-likeness (QED) is 0.0197. The maximum absolute atomic E-state index is 10.9.